The van der Waals surface area contributed by atoms with E-state index >= 15 is 0 Å². The summed E-state index contributed by atoms with van der Waals surface area (Å²) >= 11 is 0. The van der Waals surface area contributed by atoms with Crippen molar-refractivity contribution in [1.29, 1.82) is 0 Å². The van der Waals surface area contributed by atoms with E-state index in [9.17, 15) is 18.0 Å². The normalized spacial score (nSPS) is 11.9. The number of aryl methyl sites for hydroxylation is 1. The molecule has 1 amide bonds. The van der Waals surface area contributed by atoms with Crippen molar-refractivity contribution in [3.63, 3.8) is 0 Å². The number of hydrogen-bond donors (Lipinski definition) is 2. The Morgan fingerprint density at radius 1 is 1.04 bits per heavy atom. The highest BCUT2D eigenvalue weighted by Crippen LogP contribution is 2.30. The van der Waals surface area contributed by atoms with Crippen molar-refractivity contribution in [3.8, 4) is 0 Å². The molecule has 0 bridgehead atoms. The minimum absolute atomic E-state index is 0.0575. The summed E-state index contributed by atoms with van der Waals surface area (Å²) in [5, 5.41) is 16.7. The Kier molecular flexibility index (Phi) is 4.97. The van der Waals surface area contributed by atoms with Gasteiger partial charge in [-0.15, -0.1) is 15.3 Å². The molecule has 3 aromatic rings. The molecule has 0 atom stereocenters. The lowest BCUT2D eigenvalue weighted by Crippen LogP contribution is -2.17. The number of anilines is 3. The van der Waals surface area contributed by atoms with E-state index in [4.69, 9.17) is 0 Å². The molecule has 2 aromatic heterocycles. The SMILES string of the molecule is Cc1c(Nc2ccc(NC(=O)C(C)C)cc2)nn2c(C(F)(F)F)nnc2c1C. The van der Waals surface area contributed by atoms with E-state index in [-0.39, 0.29) is 23.3 Å². The third-order valence-corrected chi connectivity index (χ3v) is 4.29. The number of aromatic nitrogens is 4. The number of carbonyl (C=O) groups is 1. The molecule has 0 fully saturated rings. The van der Waals surface area contributed by atoms with Crippen LogP contribution in [0, 0.1) is 19.8 Å². The predicted octanol–water partition coefficient (Wildman–Crippen LogP) is 4.10. The Bertz CT molecular complexity index is 1020. The number of hydrogen-bond acceptors (Lipinski definition) is 5. The first kappa shape index (κ1) is 19.6. The van der Waals surface area contributed by atoms with Crippen molar-refractivity contribution in [2.75, 3.05) is 10.6 Å². The van der Waals surface area contributed by atoms with Crippen molar-refractivity contribution < 1.29 is 18.0 Å². The molecule has 10 heteroatoms. The van der Waals surface area contributed by atoms with Crippen LogP contribution in [0.4, 0.5) is 30.4 Å². The van der Waals surface area contributed by atoms with Gasteiger partial charge in [0.25, 0.3) is 5.82 Å². The van der Waals surface area contributed by atoms with E-state index in [0.29, 0.717) is 27.0 Å². The Hall–Kier alpha value is -3.17. The smallest absolute Gasteiger partial charge is 0.339 e. The first-order chi connectivity index (χ1) is 13.1. The fourth-order valence-electron chi connectivity index (χ4n) is 2.48. The maximum Gasteiger partial charge on any atom is 0.453 e. The van der Waals surface area contributed by atoms with E-state index in [1.54, 1.807) is 52.0 Å². The highest BCUT2D eigenvalue weighted by atomic mass is 19.4. The van der Waals surface area contributed by atoms with Crippen LogP contribution in [-0.4, -0.2) is 25.7 Å². The number of amides is 1. The summed E-state index contributed by atoms with van der Waals surface area (Å²) in [7, 11) is 0. The van der Waals surface area contributed by atoms with Gasteiger partial charge in [0.2, 0.25) is 5.91 Å². The topological polar surface area (TPSA) is 84.2 Å². The van der Waals surface area contributed by atoms with E-state index in [2.05, 4.69) is 25.9 Å². The number of nitrogens with one attached hydrogen (secondary N) is 2. The standard InChI is InChI=1S/C18H19F3N6O/c1-9(2)16(28)23-13-7-5-12(6-8-13)22-14-10(3)11(4)15-24-25-17(18(19,20)21)27(15)26-14/h5-9H,1-4H3,(H,22,26)(H,23,28). The van der Waals surface area contributed by atoms with Gasteiger partial charge in [0.05, 0.1) is 0 Å². The number of nitrogens with zero attached hydrogens (tertiary/aromatic N) is 4. The molecular formula is C18H19F3N6O. The number of fused-ring (bicyclic) bond motifs is 1. The number of halogens is 3. The summed E-state index contributed by atoms with van der Waals surface area (Å²) in [5.74, 6) is -1.17. The second-order valence-electron chi connectivity index (χ2n) is 6.70. The summed E-state index contributed by atoms with van der Waals surface area (Å²) in [4.78, 5) is 11.7. The third kappa shape index (κ3) is 3.75. The van der Waals surface area contributed by atoms with Crippen LogP contribution >= 0.6 is 0 Å². The van der Waals surface area contributed by atoms with Gasteiger partial charge in [0, 0.05) is 28.4 Å². The summed E-state index contributed by atoms with van der Waals surface area (Å²) < 4.78 is 40.1. The van der Waals surface area contributed by atoms with E-state index in [1.807, 2.05) is 0 Å². The maximum absolute atomic E-state index is 13.1. The third-order valence-electron chi connectivity index (χ3n) is 4.29. The van der Waals surface area contributed by atoms with Crippen LogP contribution in [0.5, 0.6) is 0 Å². The van der Waals surface area contributed by atoms with Crippen LogP contribution in [0.25, 0.3) is 5.65 Å². The Morgan fingerprint density at radius 3 is 2.21 bits per heavy atom. The van der Waals surface area contributed by atoms with Gasteiger partial charge >= 0.3 is 6.18 Å². The zero-order valence-corrected chi connectivity index (χ0v) is 15.7. The summed E-state index contributed by atoms with van der Waals surface area (Å²) in [6.07, 6.45) is -4.67. The molecule has 0 spiro atoms. The van der Waals surface area contributed by atoms with Gasteiger partial charge in [0.15, 0.2) is 11.5 Å². The lowest BCUT2D eigenvalue weighted by atomic mass is 10.1. The molecule has 0 saturated heterocycles. The highest BCUT2D eigenvalue weighted by molar-refractivity contribution is 5.92. The van der Waals surface area contributed by atoms with Crippen molar-refractivity contribution in [3.05, 3.63) is 41.2 Å². The molecule has 28 heavy (non-hydrogen) atoms. The van der Waals surface area contributed by atoms with Crippen LogP contribution in [-0.2, 0) is 11.0 Å². The fourth-order valence-corrected chi connectivity index (χ4v) is 2.48. The van der Waals surface area contributed by atoms with Crippen molar-refractivity contribution in [2.24, 2.45) is 5.92 Å². The van der Waals surface area contributed by atoms with Crippen LogP contribution in [0.3, 0.4) is 0 Å². The molecule has 0 aliphatic heterocycles. The molecule has 0 unspecified atom stereocenters. The number of benzene rings is 1. The highest BCUT2D eigenvalue weighted by Gasteiger charge is 2.38. The van der Waals surface area contributed by atoms with Crippen molar-refractivity contribution >= 4 is 28.7 Å². The Balaban J connectivity index is 1.92. The van der Waals surface area contributed by atoms with E-state index < -0.39 is 12.0 Å². The van der Waals surface area contributed by atoms with Crippen LogP contribution in [0.15, 0.2) is 24.3 Å². The van der Waals surface area contributed by atoms with Gasteiger partial charge in [-0.2, -0.15) is 17.7 Å². The lowest BCUT2D eigenvalue weighted by molar-refractivity contribution is -0.146. The molecule has 7 nitrogen and oxygen atoms in total. The molecular weight excluding hydrogens is 373 g/mol. The molecule has 0 radical (unpaired) electrons. The minimum atomic E-state index is -4.67. The molecule has 3 rings (SSSR count). The molecule has 2 heterocycles. The summed E-state index contributed by atoms with van der Waals surface area (Å²) in [6, 6.07) is 6.80. The van der Waals surface area contributed by atoms with Gasteiger partial charge < -0.3 is 10.6 Å². The van der Waals surface area contributed by atoms with Gasteiger partial charge in [-0.3, -0.25) is 4.79 Å². The zero-order chi connectivity index (χ0) is 20.6. The van der Waals surface area contributed by atoms with Gasteiger partial charge in [-0.05, 0) is 38.1 Å². The molecule has 0 aliphatic carbocycles. The number of rotatable bonds is 4. The first-order valence-electron chi connectivity index (χ1n) is 8.55. The average molecular weight is 392 g/mol. The monoisotopic (exact) mass is 392 g/mol. The second kappa shape index (κ2) is 7.10. The largest absolute Gasteiger partial charge is 0.453 e. The minimum Gasteiger partial charge on any atom is -0.339 e. The van der Waals surface area contributed by atoms with Crippen LogP contribution < -0.4 is 10.6 Å². The molecule has 0 aliphatic rings. The second-order valence-corrected chi connectivity index (χ2v) is 6.70. The summed E-state index contributed by atoms with van der Waals surface area (Å²) in [5.41, 5.74) is 2.49. The Labute approximate surface area is 159 Å². The van der Waals surface area contributed by atoms with Gasteiger partial charge in [-0.25, -0.2) is 0 Å². The average Bonchev–Trinajstić information content (AvgIpc) is 3.05. The zero-order valence-electron chi connectivity index (χ0n) is 15.7. The number of alkyl halides is 3. The molecule has 1 aromatic carbocycles. The maximum atomic E-state index is 13.1. The molecule has 0 saturated carbocycles. The lowest BCUT2D eigenvalue weighted by Gasteiger charge is -2.13. The molecule has 2 N–H and O–H groups in total. The fraction of sp³-hybridized carbons (Fsp3) is 0.333. The first-order valence-corrected chi connectivity index (χ1v) is 8.55. The molecule has 148 valence electrons. The van der Waals surface area contributed by atoms with Gasteiger partial charge in [0.1, 0.15) is 0 Å². The summed E-state index contributed by atoms with van der Waals surface area (Å²) in [6.45, 7) is 6.98. The van der Waals surface area contributed by atoms with Crippen molar-refractivity contribution in [2.45, 2.75) is 33.9 Å². The Morgan fingerprint density at radius 2 is 1.64 bits per heavy atom. The number of carbonyl (C=O) groups excluding carboxylic acids is 1. The predicted molar refractivity (Wildman–Crippen MR) is 98.5 cm³/mol. The van der Waals surface area contributed by atoms with E-state index in [1.165, 1.54) is 0 Å². The van der Waals surface area contributed by atoms with Crippen LogP contribution in [0.2, 0.25) is 0 Å². The van der Waals surface area contributed by atoms with Crippen molar-refractivity contribution in [1.82, 2.24) is 19.8 Å². The van der Waals surface area contributed by atoms with Crippen LogP contribution in [0.1, 0.15) is 30.8 Å². The van der Waals surface area contributed by atoms with Gasteiger partial charge in [-0.1, -0.05) is 13.8 Å². The quantitative estimate of drug-likeness (QED) is 0.698. The van der Waals surface area contributed by atoms with E-state index in [0.717, 1.165) is 0 Å².